The van der Waals surface area contributed by atoms with Crippen molar-refractivity contribution in [3.8, 4) is 5.75 Å². The number of anilines is 2. The van der Waals surface area contributed by atoms with Gasteiger partial charge in [0.15, 0.2) is 5.13 Å². The van der Waals surface area contributed by atoms with Gasteiger partial charge in [0.25, 0.3) is 0 Å². The van der Waals surface area contributed by atoms with Crippen LogP contribution in [0.25, 0.3) is 10.2 Å². The smallest absolute Gasteiger partial charge is 0.413 e. The van der Waals surface area contributed by atoms with Crippen molar-refractivity contribution in [1.82, 2.24) is 4.98 Å². The Morgan fingerprint density at radius 1 is 1.22 bits per heavy atom. The summed E-state index contributed by atoms with van der Waals surface area (Å²) in [5, 5.41) is 3.27. The van der Waals surface area contributed by atoms with E-state index < -0.39 is 6.09 Å². The Labute approximate surface area is 161 Å². The Kier molecular flexibility index (Phi) is 5.61. The molecular formula is C18H23N3O5S. The summed E-state index contributed by atoms with van der Waals surface area (Å²) in [4.78, 5) is 19.1. The molecule has 0 aliphatic carbocycles. The molecule has 1 amide bonds. The molecule has 4 rings (SSSR count). The maximum Gasteiger partial charge on any atom is 0.413 e. The topological polar surface area (TPSA) is 82.2 Å². The number of hydrogen-bond acceptors (Lipinski definition) is 8. The van der Waals surface area contributed by atoms with E-state index in [-0.39, 0.29) is 6.10 Å². The first-order valence-corrected chi connectivity index (χ1v) is 9.92. The maximum absolute atomic E-state index is 12.2. The number of nitrogens with zero attached hydrogens (tertiary/aromatic N) is 2. The predicted molar refractivity (Wildman–Crippen MR) is 103 cm³/mol. The zero-order chi connectivity index (χ0) is 18.6. The summed E-state index contributed by atoms with van der Waals surface area (Å²) in [5.41, 5.74) is 1.82. The lowest BCUT2D eigenvalue weighted by Crippen LogP contribution is -2.36. The van der Waals surface area contributed by atoms with Crippen LogP contribution >= 0.6 is 11.3 Å². The van der Waals surface area contributed by atoms with Crippen LogP contribution in [0.15, 0.2) is 12.1 Å². The Bertz CT molecular complexity index is 800. The Balaban J connectivity index is 1.55. The Hall–Kier alpha value is -2.10. The van der Waals surface area contributed by atoms with E-state index in [4.69, 9.17) is 18.9 Å². The fourth-order valence-corrected chi connectivity index (χ4v) is 4.31. The van der Waals surface area contributed by atoms with Crippen LogP contribution in [0.5, 0.6) is 5.75 Å². The van der Waals surface area contributed by atoms with Crippen molar-refractivity contribution in [3.05, 3.63) is 12.1 Å². The van der Waals surface area contributed by atoms with E-state index in [9.17, 15) is 4.79 Å². The molecular weight excluding hydrogens is 370 g/mol. The lowest BCUT2D eigenvalue weighted by Gasteiger charge is -2.29. The number of carbonyl (C=O) groups is 1. The first-order chi connectivity index (χ1) is 13.2. The number of hydrogen-bond donors (Lipinski definition) is 1. The molecule has 8 nitrogen and oxygen atoms in total. The third-order valence-corrected chi connectivity index (χ3v) is 5.70. The summed E-state index contributed by atoms with van der Waals surface area (Å²) in [6, 6.07) is 3.95. The largest absolute Gasteiger partial charge is 0.494 e. The molecule has 3 heterocycles. The molecule has 2 aliphatic heterocycles. The number of methoxy groups -OCH3 is 1. The minimum absolute atomic E-state index is 0.105. The standard InChI is InChI=1S/C18H23N3O5S/c1-23-14-3-2-13(21-6-10-25-11-7-21)16-15(14)19-17(27-16)20-18(22)26-12-4-8-24-9-5-12/h2-3,12H,4-11H2,1H3,(H,19,20,22). The zero-order valence-corrected chi connectivity index (χ0v) is 16.0. The summed E-state index contributed by atoms with van der Waals surface area (Å²) in [5.74, 6) is 0.684. The van der Waals surface area contributed by atoms with Crippen molar-refractivity contribution in [2.45, 2.75) is 18.9 Å². The first kappa shape index (κ1) is 18.3. The van der Waals surface area contributed by atoms with E-state index in [0.29, 0.717) is 37.3 Å². The van der Waals surface area contributed by atoms with Gasteiger partial charge in [-0.15, -0.1) is 0 Å². The van der Waals surface area contributed by atoms with Gasteiger partial charge in [0.1, 0.15) is 17.4 Å². The van der Waals surface area contributed by atoms with E-state index in [1.54, 1.807) is 7.11 Å². The number of benzene rings is 1. The van der Waals surface area contributed by atoms with Crippen molar-refractivity contribution in [3.63, 3.8) is 0 Å². The molecule has 0 bridgehead atoms. The molecule has 2 fully saturated rings. The fraction of sp³-hybridized carbons (Fsp3) is 0.556. The highest BCUT2D eigenvalue weighted by atomic mass is 32.1. The van der Waals surface area contributed by atoms with Crippen LogP contribution in [0, 0.1) is 0 Å². The van der Waals surface area contributed by atoms with Crippen molar-refractivity contribution in [1.29, 1.82) is 0 Å². The number of carbonyl (C=O) groups excluding carboxylic acids is 1. The summed E-state index contributed by atoms with van der Waals surface area (Å²) >= 11 is 1.43. The molecule has 0 spiro atoms. The molecule has 146 valence electrons. The Morgan fingerprint density at radius 2 is 1.96 bits per heavy atom. The average molecular weight is 393 g/mol. The van der Waals surface area contributed by atoms with Gasteiger partial charge in [0, 0.05) is 25.9 Å². The number of amides is 1. The van der Waals surface area contributed by atoms with Gasteiger partial charge in [-0.2, -0.15) is 0 Å². The van der Waals surface area contributed by atoms with Gasteiger partial charge in [0.05, 0.1) is 43.9 Å². The van der Waals surface area contributed by atoms with E-state index in [1.807, 2.05) is 12.1 Å². The molecule has 1 aromatic carbocycles. The third kappa shape index (κ3) is 4.10. The quantitative estimate of drug-likeness (QED) is 0.855. The maximum atomic E-state index is 12.2. The number of rotatable bonds is 4. The Morgan fingerprint density at radius 3 is 2.70 bits per heavy atom. The van der Waals surface area contributed by atoms with Crippen molar-refractivity contribution < 1.29 is 23.7 Å². The second-order valence-electron chi connectivity index (χ2n) is 6.43. The molecule has 0 saturated carbocycles. The highest BCUT2D eigenvalue weighted by Crippen LogP contribution is 2.39. The second-order valence-corrected chi connectivity index (χ2v) is 7.42. The SMILES string of the molecule is COc1ccc(N2CCOCC2)c2sc(NC(=O)OC3CCOCC3)nc12. The van der Waals surface area contributed by atoms with Gasteiger partial charge in [-0.05, 0) is 12.1 Å². The number of ether oxygens (including phenoxy) is 4. The van der Waals surface area contributed by atoms with Crippen LogP contribution in [-0.4, -0.2) is 63.8 Å². The average Bonchev–Trinajstić information content (AvgIpc) is 3.12. The molecule has 0 unspecified atom stereocenters. The monoisotopic (exact) mass is 393 g/mol. The lowest BCUT2D eigenvalue weighted by atomic mass is 10.2. The van der Waals surface area contributed by atoms with Gasteiger partial charge in [-0.1, -0.05) is 11.3 Å². The normalized spacial score (nSPS) is 18.5. The van der Waals surface area contributed by atoms with Crippen LogP contribution < -0.4 is 15.0 Å². The number of aromatic nitrogens is 1. The second kappa shape index (κ2) is 8.28. The summed E-state index contributed by atoms with van der Waals surface area (Å²) < 4.78 is 22.6. The van der Waals surface area contributed by atoms with E-state index in [1.165, 1.54) is 11.3 Å². The number of nitrogens with one attached hydrogen (secondary N) is 1. The summed E-state index contributed by atoms with van der Waals surface area (Å²) in [7, 11) is 1.62. The third-order valence-electron chi connectivity index (χ3n) is 4.71. The van der Waals surface area contributed by atoms with Crippen LogP contribution in [0.3, 0.4) is 0 Å². The van der Waals surface area contributed by atoms with Crippen LogP contribution in [0.2, 0.25) is 0 Å². The van der Waals surface area contributed by atoms with Gasteiger partial charge >= 0.3 is 6.09 Å². The minimum atomic E-state index is -0.479. The first-order valence-electron chi connectivity index (χ1n) is 9.10. The van der Waals surface area contributed by atoms with Crippen molar-refractivity contribution >= 4 is 38.5 Å². The number of morpholine rings is 1. The summed E-state index contributed by atoms with van der Waals surface area (Å²) in [6.07, 6.45) is 0.865. The lowest BCUT2D eigenvalue weighted by molar-refractivity contribution is 0.00592. The van der Waals surface area contributed by atoms with Gasteiger partial charge < -0.3 is 23.8 Å². The molecule has 27 heavy (non-hydrogen) atoms. The highest BCUT2D eigenvalue weighted by Gasteiger charge is 2.22. The predicted octanol–water partition coefficient (Wildman–Crippen LogP) is 2.87. The van der Waals surface area contributed by atoms with E-state index in [0.717, 1.165) is 41.8 Å². The molecule has 9 heteroatoms. The van der Waals surface area contributed by atoms with Crippen LogP contribution in [0.4, 0.5) is 15.6 Å². The molecule has 1 aromatic heterocycles. The van der Waals surface area contributed by atoms with Gasteiger partial charge in [-0.3, -0.25) is 5.32 Å². The fourth-order valence-electron chi connectivity index (χ4n) is 3.30. The molecule has 2 aromatic rings. The molecule has 2 saturated heterocycles. The van der Waals surface area contributed by atoms with Crippen molar-refractivity contribution in [2.75, 3.05) is 56.8 Å². The zero-order valence-electron chi connectivity index (χ0n) is 15.2. The highest BCUT2D eigenvalue weighted by molar-refractivity contribution is 7.23. The number of fused-ring (bicyclic) bond motifs is 1. The van der Waals surface area contributed by atoms with E-state index >= 15 is 0 Å². The minimum Gasteiger partial charge on any atom is -0.494 e. The number of thiazole rings is 1. The van der Waals surface area contributed by atoms with E-state index in [2.05, 4.69) is 15.2 Å². The van der Waals surface area contributed by atoms with Crippen molar-refractivity contribution in [2.24, 2.45) is 0 Å². The molecule has 0 radical (unpaired) electrons. The van der Waals surface area contributed by atoms with Gasteiger partial charge in [0.2, 0.25) is 0 Å². The van der Waals surface area contributed by atoms with Crippen LogP contribution in [0.1, 0.15) is 12.8 Å². The summed E-state index contributed by atoms with van der Waals surface area (Å²) in [6.45, 7) is 4.31. The molecule has 0 atom stereocenters. The molecule has 1 N–H and O–H groups in total. The van der Waals surface area contributed by atoms with Gasteiger partial charge in [-0.25, -0.2) is 9.78 Å². The molecule has 2 aliphatic rings. The van der Waals surface area contributed by atoms with Crippen LogP contribution in [-0.2, 0) is 14.2 Å².